The van der Waals surface area contributed by atoms with Gasteiger partial charge in [0.05, 0.1) is 11.1 Å². The first-order valence-corrected chi connectivity index (χ1v) is 15.5. The number of carbonyl (C=O) groups excluding carboxylic acids is 2. The Bertz CT molecular complexity index is 1470. The smallest absolute Gasteiger partial charge is 0.197 e. The number of aromatic nitrogens is 1. The first kappa shape index (κ1) is 29.6. The number of allylic oxidation sites excluding steroid dienone is 5. The van der Waals surface area contributed by atoms with Gasteiger partial charge in [-0.2, -0.15) is 0 Å². The standard InChI is InChI=1S/C31H37F2N7O2S/c1-3-37-17-20(27(41)23-15-26(33)30(36-29(23)37)39-12-8-35-9-13-39)14-21-18-40(22-4-5-22)31(43)24(28(21)42)16-25(32)19(2)38-10-6-34-7-11-38/h14-16,18,22,34-35H,3-13,17H2,1-2H3/b20-14+,24-16-,25-19-. The highest BCUT2D eigenvalue weighted by Crippen LogP contribution is 2.36. The molecule has 1 aromatic heterocycles. The van der Waals surface area contributed by atoms with Crippen LogP contribution in [-0.2, 0) is 4.79 Å². The van der Waals surface area contributed by atoms with Crippen LogP contribution in [0.15, 0.2) is 52.7 Å². The predicted octanol–water partition coefficient (Wildman–Crippen LogP) is 2.87. The van der Waals surface area contributed by atoms with Gasteiger partial charge >= 0.3 is 0 Å². The van der Waals surface area contributed by atoms with E-state index >= 15 is 8.78 Å². The second kappa shape index (κ2) is 12.3. The van der Waals surface area contributed by atoms with Crippen LogP contribution in [0.4, 0.5) is 20.4 Å². The summed E-state index contributed by atoms with van der Waals surface area (Å²) in [6, 6.07) is 1.40. The molecular weight excluding hydrogens is 572 g/mol. The van der Waals surface area contributed by atoms with E-state index in [0.29, 0.717) is 54.8 Å². The van der Waals surface area contributed by atoms with E-state index in [4.69, 9.17) is 12.2 Å². The summed E-state index contributed by atoms with van der Waals surface area (Å²) in [6.45, 7) is 10.0. The molecule has 0 spiro atoms. The number of thiocarbonyl (C=S) groups is 1. The Morgan fingerprint density at radius 3 is 2.40 bits per heavy atom. The van der Waals surface area contributed by atoms with Crippen molar-refractivity contribution < 1.29 is 18.4 Å². The number of halogens is 2. The van der Waals surface area contributed by atoms with Crippen molar-refractivity contribution in [3.8, 4) is 0 Å². The number of likely N-dealkylation sites (N-methyl/N-ethyl adjacent to an activating group) is 1. The fourth-order valence-corrected chi connectivity index (χ4v) is 6.31. The topological polar surface area (TPSA) is 84.0 Å². The molecule has 43 heavy (non-hydrogen) atoms. The van der Waals surface area contributed by atoms with Gasteiger partial charge in [0, 0.05) is 94.5 Å². The Balaban J connectivity index is 1.34. The van der Waals surface area contributed by atoms with E-state index in [0.717, 1.165) is 39.0 Å². The van der Waals surface area contributed by atoms with Gasteiger partial charge in [0.15, 0.2) is 23.2 Å². The highest BCUT2D eigenvalue weighted by atomic mass is 32.1. The van der Waals surface area contributed by atoms with E-state index in [-0.39, 0.29) is 40.9 Å². The number of ketones is 2. The molecule has 2 N–H and O–H groups in total. The molecule has 0 atom stereocenters. The van der Waals surface area contributed by atoms with Crippen LogP contribution in [0, 0.1) is 5.82 Å². The molecule has 0 amide bonds. The van der Waals surface area contributed by atoms with Gasteiger partial charge in [-0.25, -0.2) is 13.8 Å². The van der Waals surface area contributed by atoms with E-state index < -0.39 is 17.4 Å². The van der Waals surface area contributed by atoms with Crippen molar-refractivity contribution in [2.75, 3.05) is 75.2 Å². The van der Waals surface area contributed by atoms with E-state index in [1.54, 1.807) is 19.2 Å². The number of pyridine rings is 1. The molecular formula is C31H37F2N7O2S. The second-order valence-corrected chi connectivity index (χ2v) is 11.9. The number of Topliss-reactive ketones (excluding diaryl/α,β-unsaturated/α-hetero) is 2. The summed E-state index contributed by atoms with van der Waals surface area (Å²) in [5, 5.41) is 6.51. The van der Waals surface area contributed by atoms with Crippen molar-refractivity contribution in [3.05, 3.63) is 64.0 Å². The zero-order valence-corrected chi connectivity index (χ0v) is 25.4. The summed E-state index contributed by atoms with van der Waals surface area (Å²) in [7, 11) is 0. The molecule has 228 valence electrons. The summed E-state index contributed by atoms with van der Waals surface area (Å²) in [5.74, 6) is -1.16. The third-order valence-corrected chi connectivity index (χ3v) is 9.09. The highest BCUT2D eigenvalue weighted by molar-refractivity contribution is 7.80. The van der Waals surface area contributed by atoms with Crippen LogP contribution >= 0.6 is 12.2 Å². The largest absolute Gasteiger partial charge is 0.370 e. The lowest BCUT2D eigenvalue weighted by molar-refractivity contribution is -0.111. The second-order valence-electron chi connectivity index (χ2n) is 11.5. The average molecular weight is 610 g/mol. The van der Waals surface area contributed by atoms with Gasteiger partial charge < -0.3 is 30.2 Å². The van der Waals surface area contributed by atoms with E-state index in [9.17, 15) is 9.59 Å². The van der Waals surface area contributed by atoms with Gasteiger partial charge in [0.2, 0.25) is 0 Å². The fourth-order valence-electron chi connectivity index (χ4n) is 5.96. The monoisotopic (exact) mass is 609 g/mol. The summed E-state index contributed by atoms with van der Waals surface area (Å²) in [5.41, 5.74) is 1.34. The molecule has 4 aliphatic heterocycles. The van der Waals surface area contributed by atoms with Crippen LogP contribution < -0.4 is 20.4 Å². The molecule has 0 radical (unpaired) electrons. The summed E-state index contributed by atoms with van der Waals surface area (Å²) in [6.07, 6.45) is 6.32. The molecule has 1 saturated carbocycles. The number of anilines is 2. The lowest BCUT2D eigenvalue weighted by atomic mass is 9.92. The molecule has 6 rings (SSSR count). The molecule has 0 aromatic carbocycles. The molecule has 0 bridgehead atoms. The average Bonchev–Trinajstić information content (AvgIpc) is 3.87. The number of piperazine rings is 2. The molecule has 9 nitrogen and oxygen atoms in total. The van der Waals surface area contributed by atoms with Gasteiger partial charge in [-0.15, -0.1) is 0 Å². The quantitative estimate of drug-likeness (QED) is 0.371. The van der Waals surface area contributed by atoms with Gasteiger partial charge in [-0.1, -0.05) is 12.2 Å². The zero-order valence-electron chi connectivity index (χ0n) is 24.6. The maximum Gasteiger partial charge on any atom is 0.197 e. The first-order chi connectivity index (χ1) is 20.8. The van der Waals surface area contributed by atoms with Gasteiger partial charge in [-0.05, 0) is 44.9 Å². The van der Waals surface area contributed by atoms with Crippen molar-refractivity contribution in [3.63, 3.8) is 0 Å². The Hall–Kier alpha value is -3.48. The maximum atomic E-state index is 15.5. The molecule has 3 fully saturated rings. The number of carbonyl (C=O) groups is 2. The molecule has 2 saturated heterocycles. The Labute approximate surface area is 256 Å². The number of fused-ring (bicyclic) bond motifs is 1. The summed E-state index contributed by atoms with van der Waals surface area (Å²) < 4.78 is 30.9. The van der Waals surface area contributed by atoms with Gasteiger partial charge in [0.1, 0.15) is 16.6 Å². The predicted molar refractivity (Wildman–Crippen MR) is 166 cm³/mol. The van der Waals surface area contributed by atoms with E-state index in [1.807, 2.05) is 26.5 Å². The van der Waals surface area contributed by atoms with Crippen LogP contribution in [0.1, 0.15) is 37.0 Å². The Kier molecular flexibility index (Phi) is 8.43. The minimum atomic E-state index is -0.545. The highest BCUT2D eigenvalue weighted by Gasteiger charge is 2.38. The van der Waals surface area contributed by atoms with E-state index in [2.05, 4.69) is 15.6 Å². The van der Waals surface area contributed by atoms with Crippen molar-refractivity contribution >= 4 is 40.4 Å². The third kappa shape index (κ3) is 5.87. The molecule has 1 aliphatic carbocycles. The van der Waals surface area contributed by atoms with E-state index in [1.165, 1.54) is 12.1 Å². The number of nitrogens with one attached hydrogen (secondary N) is 2. The minimum absolute atomic E-state index is 0.104. The number of hydrogen-bond acceptors (Lipinski definition) is 9. The van der Waals surface area contributed by atoms with Crippen LogP contribution in [-0.4, -0.2) is 103 Å². The Morgan fingerprint density at radius 2 is 1.74 bits per heavy atom. The normalized spacial score (nSPS) is 24.1. The third-order valence-electron chi connectivity index (χ3n) is 8.66. The van der Waals surface area contributed by atoms with Crippen molar-refractivity contribution in [1.82, 2.24) is 25.4 Å². The number of nitrogens with zero attached hydrogens (tertiary/aromatic N) is 5. The maximum absolute atomic E-state index is 15.5. The molecule has 1 aromatic rings. The fraction of sp³-hybridized carbons (Fsp3) is 0.484. The zero-order chi connectivity index (χ0) is 30.2. The van der Waals surface area contributed by atoms with Crippen LogP contribution in [0.5, 0.6) is 0 Å². The first-order valence-electron chi connectivity index (χ1n) is 15.1. The molecule has 5 aliphatic rings. The van der Waals surface area contributed by atoms with Crippen molar-refractivity contribution in [2.45, 2.75) is 32.7 Å². The molecule has 0 unspecified atom stereocenters. The van der Waals surface area contributed by atoms with Gasteiger partial charge in [0.25, 0.3) is 0 Å². The Morgan fingerprint density at radius 1 is 1.07 bits per heavy atom. The van der Waals surface area contributed by atoms with Crippen LogP contribution in [0.25, 0.3) is 0 Å². The lowest BCUT2D eigenvalue weighted by Gasteiger charge is -2.34. The molecule has 5 heterocycles. The van der Waals surface area contributed by atoms with Crippen LogP contribution in [0.2, 0.25) is 0 Å². The van der Waals surface area contributed by atoms with Gasteiger partial charge in [-0.3, -0.25) is 9.59 Å². The lowest BCUT2D eigenvalue weighted by Crippen LogP contribution is -2.44. The minimum Gasteiger partial charge on any atom is -0.370 e. The number of hydrogen-bond donors (Lipinski definition) is 2. The van der Waals surface area contributed by atoms with Crippen LogP contribution in [0.3, 0.4) is 0 Å². The van der Waals surface area contributed by atoms with Crippen molar-refractivity contribution in [2.24, 2.45) is 0 Å². The summed E-state index contributed by atoms with van der Waals surface area (Å²) in [4.78, 5) is 40.0. The SMILES string of the molecule is CCN1C/C(=C\C2=CN(C3CC3)C(=S)/C(=C\C(F)=C(/C)N3CCNCC3)C2=O)C(=O)c2cc(F)c(N3CCNCC3)nc21. The summed E-state index contributed by atoms with van der Waals surface area (Å²) >= 11 is 5.68. The van der Waals surface area contributed by atoms with Crippen molar-refractivity contribution in [1.29, 1.82) is 0 Å². The number of rotatable bonds is 6. The molecule has 12 heteroatoms.